The highest BCUT2D eigenvalue weighted by atomic mass is 35.5. The fourth-order valence-corrected chi connectivity index (χ4v) is 1.25. The highest BCUT2D eigenvalue weighted by Gasteiger charge is 1.95. The highest BCUT2D eigenvalue weighted by molar-refractivity contribution is 5.85. The summed E-state index contributed by atoms with van der Waals surface area (Å²) in [5.41, 5.74) is 8.65. The number of nitrogen functional groups attached to an aromatic ring is 1. The first-order valence-corrected chi connectivity index (χ1v) is 4.12. The van der Waals surface area contributed by atoms with Crippen molar-refractivity contribution in [3.8, 4) is 11.1 Å². The molecule has 0 saturated carbocycles. The number of aromatic nitrogens is 1. The van der Waals surface area contributed by atoms with Gasteiger partial charge in [0.25, 0.3) is 0 Å². The second-order valence-electron chi connectivity index (χ2n) is 2.87. The van der Waals surface area contributed by atoms with Crippen LogP contribution in [0.5, 0.6) is 0 Å². The lowest BCUT2D eigenvalue weighted by atomic mass is 10.1. The SMILES string of the molecule is Cl.Nc1cccc(-c2cccnc2)c1. The van der Waals surface area contributed by atoms with Crippen LogP contribution < -0.4 is 5.73 Å². The molecule has 0 bridgehead atoms. The van der Waals surface area contributed by atoms with E-state index in [-0.39, 0.29) is 12.4 Å². The maximum absolute atomic E-state index is 5.68. The van der Waals surface area contributed by atoms with Gasteiger partial charge in [0.15, 0.2) is 0 Å². The summed E-state index contributed by atoms with van der Waals surface area (Å²) in [6.45, 7) is 0. The van der Waals surface area contributed by atoms with E-state index in [1.807, 2.05) is 42.6 Å². The van der Waals surface area contributed by atoms with Crippen LogP contribution in [0.2, 0.25) is 0 Å². The molecule has 0 saturated heterocycles. The van der Waals surface area contributed by atoms with E-state index in [1.54, 1.807) is 6.20 Å². The van der Waals surface area contributed by atoms with E-state index in [4.69, 9.17) is 5.73 Å². The largest absolute Gasteiger partial charge is 0.399 e. The predicted molar refractivity (Wildman–Crippen MR) is 61.3 cm³/mol. The van der Waals surface area contributed by atoms with Crippen molar-refractivity contribution in [1.29, 1.82) is 0 Å². The maximum Gasteiger partial charge on any atom is 0.0346 e. The first-order valence-electron chi connectivity index (χ1n) is 4.12. The second kappa shape index (κ2) is 4.63. The van der Waals surface area contributed by atoms with E-state index < -0.39 is 0 Å². The average Bonchev–Trinajstić information content (AvgIpc) is 2.19. The summed E-state index contributed by atoms with van der Waals surface area (Å²) in [7, 11) is 0. The minimum Gasteiger partial charge on any atom is -0.399 e. The minimum absolute atomic E-state index is 0. The number of rotatable bonds is 1. The van der Waals surface area contributed by atoms with Crippen molar-refractivity contribution >= 4 is 18.1 Å². The number of nitrogens with two attached hydrogens (primary N) is 1. The van der Waals surface area contributed by atoms with E-state index in [0.717, 1.165) is 16.8 Å². The van der Waals surface area contributed by atoms with Crippen LogP contribution >= 0.6 is 12.4 Å². The van der Waals surface area contributed by atoms with Crippen LogP contribution in [0, 0.1) is 0 Å². The lowest BCUT2D eigenvalue weighted by molar-refractivity contribution is 1.33. The summed E-state index contributed by atoms with van der Waals surface area (Å²) >= 11 is 0. The van der Waals surface area contributed by atoms with Gasteiger partial charge in [-0.1, -0.05) is 18.2 Å². The summed E-state index contributed by atoms with van der Waals surface area (Å²) in [4.78, 5) is 4.05. The van der Waals surface area contributed by atoms with Crippen molar-refractivity contribution < 1.29 is 0 Å². The first kappa shape index (κ1) is 10.5. The molecule has 0 radical (unpaired) electrons. The molecule has 1 aromatic heterocycles. The van der Waals surface area contributed by atoms with Gasteiger partial charge in [-0.05, 0) is 23.8 Å². The van der Waals surface area contributed by atoms with Crippen LogP contribution in [0.3, 0.4) is 0 Å². The van der Waals surface area contributed by atoms with Crippen LogP contribution in [0.4, 0.5) is 5.69 Å². The zero-order chi connectivity index (χ0) is 9.10. The van der Waals surface area contributed by atoms with E-state index in [1.165, 1.54) is 0 Å². The Bertz CT molecular complexity index is 401. The van der Waals surface area contributed by atoms with Gasteiger partial charge in [0, 0.05) is 23.6 Å². The van der Waals surface area contributed by atoms with Crippen LogP contribution in [-0.4, -0.2) is 4.98 Å². The molecule has 14 heavy (non-hydrogen) atoms. The van der Waals surface area contributed by atoms with E-state index >= 15 is 0 Å². The van der Waals surface area contributed by atoms with Crippen molar-refractivity contribution in [3.63, 3.8) is 0 Å². The Hall–Kier alpha value is -1.54. The van der Waals surface area contributed by atoms with Gasteiger partial charge in [-0.15, -0.1) is 12.4 Å². The molecule has 0 amide bonds. The minimum atomic E-state index is 0. The third-order valence-corrected chi connectivity index (χ3v) is 1.88. The number of benzene rings is 1. The van der Waals surface area contributed by atoms with Gasteiger partial charge in [-0.25, -0.2) is 0 Å². The molecule has 2 nitrogen and oxygen atoms in total. The summed E-state index contributed by atoms with van der Waals surface area (Å²) in [6, 6.07) is 11.7. The Morgan fingerprint density at radius 3 is 2.43 bits per heavy atom. The van der Waals surface area contributed by atoms with Crippen molar-refractivity contribution in [1.82, 2.24) is 4.98 Å². The molecule has 3 heteroatoms. The fraction of sp³-hybridized carbons (Fsp3) is 0. The van der Waals surface area contributed by atoms with Gasteiger partial charge >= 0.3 is 0 Å². The van der Waals surface area contributed by atoms with E-state index in [0.29, 0.717) is 0 Å². The number of pyridine rings is 1. The normalized spacial score (nSPS) is 9.14. The molecule has 1 heterocycles. The topological polar surface area (TPSA) is 38.9 Å². The lowest BCUT2D eigenvalue weighted by Crippen LogP contribution is -1.85. The molecular weight excluding hydrogens is 196 g/mol. The monoisotopic (exact) mass is 206 g/mol. The summed E-state index contributed by atoms with van der Waals surface area (Å²) in [6.07, 6.45) is 3.59. The Morgan fingerprint density at radius 2 is 1.79 bits per heavy atom. The molecule has 1 aromatic carbocycles. The van der Waals surface area contributed by atoms with Gasteiger partial charge < -0.3 is 5.73 Å². The fourth-order valence-electron chi connectivity index (χ4n) is 1.25. The van der Waals surface area contributed by atoms with Crippen LogP contribution in [0.15, 0.2) is 48.8 Å². The number of hydrogen-bond acceptors (Lipinski definition) is 2. The molecule has 2 rings (SSSR count). The Kier molecular flexibility index (Phi) is 3.48. The van der Waals surface area contributed by atoms with Gasteiger partial charge in [-0.2, -0.15) is 0 Å². The summed E-state index contributed by atoms with van der Waals surface area (Å²) < 4.78 is 0. The highest BCUT2D eigenvalue weighted by Crippen LogP contribution is 2.19. The molecular formula is C11H11ClN2. The summed E-state index contributed by atoms with van der Waals surface area (Å²) in [5.74, 6) is 0. The predicted octanol–water partition coefficient (Wildman–Crippen LogP) is 2.75. The molecule has 72 valence electrons. The van der Waals surface area contributed by atoms with E-state index in [2.05, 4.69) is 4.98 Å². The number of hydrogen-bond donors (Lipinski definition) is 1. The van der Waals surface area contributed by atoms with Gasteiger partial charge in [0.1, 0.15) is 0 Å². The van der Waals surface area contributed by atoms with E-state index in [9.17, 15) is 0 Å². The van der Waals surface area contributed by atoms with Gasteiger partial charge in [0.2, 0.25) is 0 Å². The van der Waals surface area contributed by atoms with Crippen LogP contribution in [0.1, 0.15) is 0 Å². The number of halogens is 1. The molecule has 0 atom stereocenters. The third-order valence-electron chi connectivity index (χ3n) is 1.88. The average molecular weight is 207 g/mol. The third kappa shape index (κ3) is 2.24. The first-order chi connectivity index (χ1) is 6.36. The van der Waals surface area contributed by atoms with Gasteiger partial charge in [0.05, 0.1) is 0 Å². The lowest BCUT2D eigenvalue weighted by Gasteiger charge is -2.00. The zero-order valence-electron chi connectivity index (χ0n) is 7.55. The molecule has 2 N–H and O–H groups in total. The van der Waals surface area contributed by atoms with Crippen molar-refractivity contribution in [2.75, 3.05) is 5.73 Å². The number of nitrogens with zero attached hydrogens (tertiary/aromatic N) is 1. The maximum atomic E-state index is 5.68. The number of anilines is 1. The van der Waals surface area contributed by atoms with Crippen LogP contribution in [-0.2, 0) is 0 Å². The zero-order valence-corrected chi connectivity index (χ0v) is 8.37. The molecule has 0 unspecified atom stereocenters. The van der Waals surface area contributed by atoms with Crippen molar-refractivity contribution in [2.24, 2.45) is 0 Å². The van der Waals surface area contributed by atoms with Gasteiger partial charge in [-0.3, -0.25) is 4.98 Å². The standard InChI is InChI=1S/C11H10N2.ClH/c12-11-5-1-3-9(7-11)10-4-2-6-13-8-10;/h1-8H,12H2;1H. The molecule has 0 aliphatic rings. The van der Waals surface area contributed by atoms with Crippen molar-refractivity contribution in [3.05, 3.63) is 48.8 Å². The molecule has 0 aliphatic heterocycles. The Labute approximate surface area is 89.2 Å². The second-order valence-corrected chi connectivity index (χ2v) is 2.87. The van der Waals surface area contributed by atoms with Crippen molar-refractivity contribution in [2.45, 2.75) is 0 Å². The molecule has 0 spiro atoms. The van der Waals surface area contributed by atoms with Crippen LogP contribution in [0.25, 0.3) is 11.1 Å². The molecule has 0 fully saturated rings. The Morgan fingerprint density at radius 1 is 1.00 bits per heavy atom. The smallest absolute Gasteiger partial charge is 0.0346 e. The summed E-state index contributed by atoms with van der Waals surface area (Å²) in [5, 5.41) is 0. The molecule has 2 aromatic rings. The Balaban J connectivity index is 0.000000980. The quantitative estimate of drug-likeness (QED) is 0.729. The molecule has 0 aliphatic carbocycles.